The van der Waals surface area contributed by atoms with Crippen molar-refractivity contribution in [1.29, 1.82) is 0 Å². The molecule has 2 rings (SSSR count). The average molecular weight is 393 g/mol. The molecule has 0 aliphatic carbocycles. The van der Waals surface area contributed by atoms with Crippen molar-refractivity contribution in [2.24, 2.45) is 4.99 Å². The summed E-state index contributed by atoms with van der Waals surface area (Å²) in [5.74, 6) is 1.67. The molecule has 7 heteroatoms. The minimum Gasteiger partial charge on any atom is -0.497 e. The van der Waals surface area contributed by atoms with Gasteiger partial charge in [-0.3, -0.25) is 4.99 Å². The van der Waals surface area contributed by atoms with Gasteiger partial charge in [0, 0.05) is 33.4 Å². The normalized spacial score (nSPS) is 18.3. The number of ether oxygens (including phenoxy) is 3. The van der Waals surface area contributed by atoms with Gasteiger partial charge < -0.3 is 29.7 Å². The molecule has 1 aliphatic rings. The van der Waals surface area contributed by atoms with Gasteiger partial charge in [-0.2, -0.15) is 0 Å². The maximum atomic E-state index is 5.70. The van der Waals surface area contributed by atoms with Crippen LogP contribution in [0.2, 0.25) is 0 Å². The van der Waals surface area contributed by atoms with E-state index in [1.54, 1.807) is 14.2 Å². The molecule has 158 valence electrons. The Balaban J connectivity index is 1.68. The van der Waals surface area contributed by atoms with Gasteiger partial charge in [-0.05, 0) is 51.1 Å². The van der Waals surface area contributed by atoms with Crippen LogP contribution in [0.15, 0.2) is 29.3 Å². The van der Waals surface area contributed by atoms with Crippen molar-refractivity contribution < 1.29 is 14.2 Å². The second kappa shape index (κ2) is 12.6. The fourth-order valence-electron chi connectivity index (χ4n) is 3.21. The summed E-state index contributed by atoms with van der Waals surface area (Å²) in [6, 6.07) is 8.43. The van der Waals surface area contributed by atoms with Crippen LogP contribution in [0, 0.1) is 0 Å². The van der Waals surface area contributed by atoms with Crippen molar-refractivity contribution in [3.05, 3.63) is 29.8 Å². The molecule has 0 amide bonds. The Morgan fingerprint density at radius 1 is 1.29 bits per heavy atom. The number of likely N-dealkylation sites (N-methyl/N-ethyl adjacent to an activating group) is 1. The smallest absolute Gasteiger partial charge is 0.191 e. The first-order valence-electron chi connectivity index (χ1n) is 10.1. The van der Waals surface area contributed by atoms with Crippen molar-refractivity contribution in [2.45, 2.75) is 31.4 Å². The van der Waals surface area contributed by atoms with Crippen LogP contribution in [0.3, 0.4) is 0 Å². The van der Waals surface area contributed by atoms with Crippen molar-refractivity contribution >= 4 is 5.96 Å². The van der Waals surface area contributed by atoms with E-state index in [0.29, 0.717) is 12.7 Å². The van der Waals surface area contributed by atoms with E-state index in [1.807, 2.05) is 12.1 Å². The number of nitrogens with zero attached hydrogens (tertiary/aromatic N) is 2. The van der Waals surface area contributed by atoms with E-state index in [0.717, 1.165) is 57.3 Å². The molecule has 2 unspecified atom stereocenters. The number of nitrogens with one attached hydrogen (secondary N) is 2. The number of rotatable bonds is 11. The molecule has 1 saturated heterocycles. The number of aliphatic imine (C=N–C) groups is 1. The minimum absolute atomic E-state index is 0.235. The third-order valence-corrected chi connectivity index (χ3v) is 4.90. The molecule has 2 N–H and O–H groups in total. The second-order valence-corrected chi connectivity index (χ2v) is 7.20. The molecular formula is C21H36N4O3. The molecule has 1 heterocycles. The van der Waals surface area contributed by atoms with Crippen LogP contribution >= 0.6 is 0 Å². The van der Waals surface area contributed by atoms with E-state index >= 15 is 0 Å². The first kappa shape index (κ1) is 22.5. The SMILES string of the molecule is CN=C(NCCCOCC1CCCO1)NCC(c1ccc(OC)cc1)N(C)C. The lowest BCUT2D eigenvalue weighted by Crippen LogP contribution is -2.42. The summed E-state index contributed by atoms with van der Waals surface area (Å²) < 4.78 is 16.5. The highest BCUT2D eigenvalue weighted by atomic mass is 16.5. The molecular weight excluding hydrogens is 356 g/mol. The largest absolute Gasteiger partial charge is 0.497 e. The third-order valence-electron chi connectivity index (χ3n) is 4.90. The van der Waals surface area contributed by atoms with Gasteiger partial charge in [0.05, 0.1) is 25.9 Å². The van der Waals surface area contributed by atoms with Crippen molar-refractivity contribution in [3.8, 4) is 5.75 Å². The Bertz CT molecular complexity index is 572. The summed E-state index contributed by atoms with van der Waals surface area (Å²) in [6.45, 7) is 3.90. The van der Waals surface area contributed by atoms with E-state index in [2.05, 4.69) is 46.8 Å². The number of guanidine groups is 1. The van der Waals surface area contributed by atoms with Crippen molar-refractivity contribution in [3.63, 3.8) is 0 Å². The van der Waals surface area contributed by atoms with Crippen LogP contribution in [0.5, 0.6) is 5.75 Å². The fourth-order valence-corrected chi connectivity index (χ4v) is 3.21. The molecule has 1 aromatic rings. The Kier molecular flexibility index (Phi) is 10.1. The summed E-state index contributed by atoms with van der Waals surface area (Å²) in [5.41, 5.74) is 1.23. The first-order chi connectivity index (χ1) is 13.6. The van der Waals surface area contributed by atoms with E-state index in [4.69, 9.17) is 14.2 Å². The highest BCUT2D eigenvalue weighted by molar-refractivity contribution is 5.79. The third kappa shape index (κ3) is 7.66. The Morgan fingerprint density at radius 3 is 2.68 bits per heavy atom. The molecule has 1 fully saturated rings. The number of methoxy groups -OCH3 is 1. The Morgan fingerprint density at radius 2 is 2.07 bits per heavy atom. The van der Waals surface area contributed by atoms with Crippen molar-refractivity contribution in [2.75, 3.05) is 61.2 Å². The summed E-state index contributed by atoms with van der Waals surface area (Å²) in [5, 5.41) is 6.77. The summed E-state index contributed by atoms with van der Waals surface area (Å²) in [7, 11) is 7.64. The molecule has 28 heavy (non-hydrogen) atoms. The quantitative estimate of drug-likeness (QED) is 0.341. The molecule has 0 bridgehead atoms. The van der Waals surface area contributed by atoms with Gasteiger partial charge in [0.15, 0.2) is 5.96 Å². The van der Waals surface area contributed by atoms with Crippen LogP contribution in [0.1, 0.15) is 30.9 Å². The molecule has 0 spiro atoms. The van der Waals surface area contributed by atoms with E-state index in [1.165, 1.54) is 5.56 Å². The predicted molar refractivity (Wildman–Crippen MR) is 113 cm³/mol. The van der Waals surface area contributed by atoms with Gasteiger partial charge in [-0.15, -0.1) is 0 Å². The fraction of sp³-hybridized carbons (Fsp3) is 0.667. The van der Waals surface area contributed by atoms with Crippen LogP contribution in [0.4, 0.5) is 0 Å². The molecule has 1 aliphatic heterocycles. The van der Waals surface area contributed by atoms with Crippen LogP contribution in [0.25, 0.3) is 0 Å². The summed E-state index contributed by atoms with van der Waals surface area (Å²) >= 11 is 0. The highest BCUT2D eigenvalue weighted by Crippen LogP contribution is 2.20. The van der Waals surface area contributed by atoms with Gasteiger partial charge >= 0.3 is 0 Å². The van der Waals surface area contributed by atoms with Crippen LogP contribution < -0.4 is 15.4 Å². The maximum absolute atomic E-state index is 5.70. The topological polar surface area (TPSA) is 67.4 Å². The van der Waals surface area contributed by atoms with Crippen LogP contribution in [-0.4, -0.2) is 78.1 Å². The average Bonchev–Trinajstić information content (AvgIpc) is 3.22. The molecule has 0 saturated carbocycles. The van der Waals surface area contributed by atoms with Crippen LogP contribution in [-0.2, 0) is 9.47 Å². The second-order valence-electron chi connectivity index (χ2n) is 7.20. The van der Waals surface area contributed by atoms with Gasteiger partial charge in [0.2, 0.25) is 0 Å². The predicted octanol–water partition coefficient (Wildman–Crippen LogP) is 2.05. The molecule has 7 nitrogen and oxygen atoms in total. The van der Waals surface area contributed by atoms with Gasteiger partial charge in [-0.1, -0.05) is 12.1 Å². The molecule has 1 aromatic carbocycles. The monoisotopic (exact) mass is 392 g/mol. The zero-order chi connectivity index (χ0) is 20.2. The lowest BCUT2D eigenvalue weighted by molar-refractivity contribution is 0.0168. The number of benzene rings is 1. The lowest BCUT2D eigenvalue weighted by Gasteiger charge is -2.26. The Hall–Kier alpha value is -1.83. The van der Waals surface area contributed by atoms with E-state index in [9.17, 15) is 0 Å². The highest BCUT2D eigenvalue weighted by Gasteiger charge is 2.16. The Labute approximate surface area is 169 Å². The lowest BCUT2D eigenvalue weighted by atomic mass is 10.1. The first-order valence-corrected chi connectivity index (χ1v) is 10.1. The number of hydrogen-bond acceptors (Lipinski definition) is 5. The molecule has 0 aromatic heterocycles. The van der Waals surface area contributed by atoms with E-state index in [-0.39, 0.29) is 6.04 Å². The standard InChI is InChI=1S/C21H36N4O3/c1-22-21(23-12-6-13-27-16-19-7-5-14-28-19)24-15-20(25(2)3)17-8-10-18(26-4)11-9-17/h8-11,19-20H,5-7,12-16H2,1-4H3,(H2,22,23,24). The van der Waals surface area contributed by atoms with Gasteiger partial charge in [-0.25, -0.2) is 0 Å². The summed E-state index contributed by atoms with van der Waals surface area (Å²) in [4.78, 5) is 6.51. The maximum Gasteiger partial charge on any atom is 0.191 e. The van der Waals surface area contributed by atoms with E-state index < -0.39 is 0 Å². The van der Waals surface area contributed by atoms with Crippen molar-refractivity contribution in [1.82, 2.24) is 15.5 Å². The van der Waals surface area contributed by atoms with Gasteiger partial charge in [0.1, 0.15) is 5.75 Å². The zero-order valence-corrected chi connectivity index (χ0v) is 17.7. The minimum atomic E-state index is 0.235. The van der Waals surface area contributed by atoms with Gasteiger partial charge in [0.25, 0.3) is 0 Å². The summed E-state index contributed by atoms with van der Waals surface area (Å²) in [6.07, 6.45) is 3.50. The zero-order valence-electron chi connectivity index (χ0n) is 17.7. The number of hydrogen-bond donors (Lipinski definition) is 2. The molecule has 0 radical (unpaired) electrons. The molecule has 2 atom stereocenters.